The Morgan fingerprint density at radius 2 is 1.91 bits per heavy atom. The molecule has 1 aliphatic carbocycles. The molecule has 4 aliphatic rings. The van der Waals surface area contributed by atoms with Crippen LogP contribution in [0, 0.1) is 5.92 Å². The highest BCUT2D eigenvalue weighted by Crippen LogP contribution is 2.59. The van der Waals surface area contributed by atoms with Crippen LogP contribution in [0.25, 0.3) is 6.08 Å². The van der Waals surface area contributed by atoms with Gasteiger partial charge in [-0.2, -0.15) is 0 Å². The zero-order chi connectivity index (χ0) is 24.4. The molecule has 0 bridgehead atoms. The number of hydrogen-bond donors (Lipinski definition) is 2. The number of nitrogens with zero attached hydrogens (tertiary/aromatic N) is 2. The third kappa shape index (κ3) is 2.84. The van der Waals surface area contributed by atoms with Gasteiger partial charge in [-0.1, -0.05) is 30.3 Å². The average molecular weight is 464 g/mol. The normalized spacial score (nSPS) is 29.5. The van der Waals surface area contributed by atoms with Crippen molar-refractivity contribution in [1.29, 1.82) is 0 Å². The van der Waals surface area contributed by atoms with Gasteiger partial charge in [0, 0.05) is 30.9 Å². The monoisotopic (exact) mass is 464 g/mol. The first-order valence-corrected chi connectivity index (χ1v) is 10.8. The van der Waals surface area contributed by atoms with Crippen molar-refractivity contribution < 1.29 is 28.7 Å². The number of rotatable bonds is 5. The van der Waals surface area contributed by atoms with E-state index in [9.17, 15) is 19.2 Å². The number of methoxy groups -OCH3 is 1. The molecule has 4 atom stereocenters. The molecule has 0 aromatic heterocycles. The van der Waals surface area contributed by atoms with Gasteiger partial charge in [0.2, 0.25) is 17.5 Å². The first-order valence-electron chi connectivity index (χ1n) is 10.8. The fraction of sp³-hybridized carbons (Fsp3) is 0.333. The molecular formula is C24H24N4O6. The number of carbonyl (C=O) groups excluding carboxylic acids is 4. The molecule has 0 radical (unpaired) electrons. The molecule has 1 aromatic carbocycles. The minimum atomic E-state index is -1.27. The van der Waals surface area contributed by atoms with E-state index in [0.29, 0.717) is 6.54 Å². The zero-order valence-electron chi connectivity index (χ0n) is 18.7. The van der Waals surface area contributed by atoms with Crippen molar-refractivity contribution in [2.45, 2.75) is 24.7 Å². The zero-order valence-corrected chi connectivity index (χ0v) is 18.7. The summed E-state index contributed by atoms with van der Waals surface area (Å²) in [6.07, 6.45) is 2.18. The maximum Gasteiger partial charge on any atom is 0.404 e. The van der Waals surface area contributed by atoms with Crippen molar-refractivity contribution in [1.82, 2.24) is 9.80 Å². The number of hydrogen-bond acceptors (Lipinski definition) is 8. The SMILES string of the molecule is COC12C(COC(N)=O)C3=C(C(=O)C(C)=C(N)C3=O)N1CC1C2N1C(=O)C=Cc1ccccc1. The number of primary amides is 1. The molecule has 5 rings (SSSR count). The highest BCUT2D eigenvalue weighted by Gasteiger charge is 2.77. The van der Waals surface area contributed by atoms with Gasteiger partial charge < -0.3 is 30.7 Å². The summed E-state index contributed by atoms with van der Waals surface area (Å²) in [5.41, 5.74) is 11.1. The number of fused-ring (bicyclic) bond motifs is 4. The first-order chi connectivity index (χ1) is 16.2. The first kappa shape index (κ1) is 21.9. The average Bonchev–Trinajstić information content (AvgIpc) is 3.34. The standard InChI is InChI=1S/C24H24N4O6/c1-12-18(25)21(31)17-14(11-34-23(26)32)24(33-2)22-15(10-27(24)19(17)20(12)30)28(22)16(29)9-8-13-6-4-3-5-7-13/h3-9,14-15,22H,10-11,25H2,1-2H3,(H2,26,32). The van der Waals surface area contributed by atoms with E-state index in [-0.39, 0.29) is 46.9 Å². The quantitative estimate of drug-likeness (QED) is 0.360. The predicted molar refractivity (Wildman–Crippen MR) is 119 cm³/mol. The minimum Gasteiger partial charge on any atom is -0.449 e. The van der Waals surface area contributed by atoms with Crippen molar-refractivity contribution in [3.05, 3.63) is 64.5 Å². The van der Waals surface area contributed by atoms with Crippen LogP contribution in [-0.4, -0.2) is 71.4 Å². The molecule has 3 heterocycles. The van der Waals surface area contributed by atoms with Crippen LogP contribution < -0.4 is 11.5 Å². The Balaban J connectivity index is 1.50. The van der Waals surface area contributed by atoms with E-state index < -0.39 is 29.6 Å². The fourth-order valence-electron chi connectivity index (χ4n) is 5.60. The van der Waals surface area contributed by atoms with Crippen LogP contribution in [0.15, 0.2) is 58.9 Å². The lowest BCUT2D eigenvalue weighted by Crippen LogP contribution is -2.56. The molecule has 3 aliphatic heterocycles. The predicted octanol–water partition coefficient (Wildman–Crippen LogP) is 0.301. The lowest BCUT2D eigenvalue weighted by Gasteiger charge is -2.40. The van der Waals surface area contributed by atoms with Gasteiger partial charge in [0.1, 0.15) is 12.6 Å². The summed E-state index contributed by atoms with van der Waals surface area (Å²) in [5.74, 6) is -1.96. The summed E-state index contributed by atoms with van der Waals surface area (Å²) in [7, 11) is 1.45. The summed E-state index contributed by atoms with van der Waals surface area (Å²) in [4.78, 5) is 54.2. The number of piperazine rings is 1. The number of amides is 2. The molecule has 0 spiro atoms. The van der Waals surface area contributed by atoms with Crippen molar-refractivity contribution in [3.63, 3.8) is 0 Å². The Morgan fingerprint density at radius 3 is 2.56 bits per heavy atom. The molecular weight excluding hydrogens is 440 g/mol. The number of carbonyl (C=O) groups is 4. The summed E-state index contributed by atoms with van der Waals surface area (Å²) >= 11 is 0. The number of ether oxygens (including phenoxy) is 2. The van der Waals surface area contributed by atoms with Gasteiger partial charge in [0.25, 0.3) is 0 Å². The number of nitrogens with two attached hydrogens (primary N) is 2. The van der Waals surface area contributed by atoms with Gasteiger partial charge >= 0.3 is 6.09 Å². The van der Waals surface area contributed by atoms with E-state index in [4.69, 9.17) is 20.9 Å². The van der Waals surface area contributed by atoms with E-state index in [1.54, 1.807) is 15.9 Å². The van der Waals surface area contributed by atoms with Gasteiger partial charge in [-0.15, -0.1) is 0 Å². The maximum atomic E-state index is 13.2. The fourth-order valence-corrected chi connectivity index (χ4v) is 5.60. The van der Waals surface area contributed by atoms with Crippen molar-refractivity contribution >= 4 is 29.6 Å². The topological polar surface area (TPSA) is 145 Å². The second-order valence-electron chi connectivity index (χ2n) is 8.71. The molecule has 4 N–H and O–H groups in total. The lowest BCUT2D eigenvalue weighted by molar-refractivity contribution is -0.151. The molecule has 34 heavy (non-hydrogen) atoms. The number of benzene rings is 1. The number of ketones is 2. The van der Waals surface area contributed by atoms with Gasteiger partial charge in [-0.05, 0) is 18.6 Å². The van der Waals surface area contributed by atoms with Crippen molar-refractivity contribution in [2.75, 3.05) is 20.3 Å². The minimum absolute atomic E-state index is 0.133. The summed E-state index contributed by atoms with van der Waals surface area (Å²) in [6, 6.07) is 8.72. The third-order valence-corrected chi connectivity index (χ3v) is 7.16. The summed E-state index contributed by atoms with van der Waals surface area (Å²) < 4.78 is 11.1. The molecule has 2 amide bonds. The van der Waals surface area contributed by atoms with E-state index >= 15 is 0 Å². The van der Waals surface area contributed by atoms with Crippen LogP contribution in [0.5, 0.6) is 0 Å². The molecule has 10 nitrogen and oxygen atoms in total. The van der Waals surface area contributed by atoms with Crippen LogP contribution in [-0.2, 0) is 23.9 Å². The Hall–Kier alpha value is -3.92. The Kier molecular flexibility index (Phi) is 4.87. The third-order valence-electron chi connectivity index (χ3n) is 7.16. The second-order valence-corrected chi connectivity index (χ2v) is 8.71. The molecule has 1 aromatic rings. The molecule has 2 fully saturated rings. The van der Waals surface area contributed by atoms with Gasteiger partial charge in [0.15, 0.2) is 5.72 Å². The van der Waals surface area contributed by atoms with Crippen LogP contribution in [0.4, 0.5) is 4.79 Å². The van der Waals surface area contributed by atoms with Crippen LogP contribution >= 0.6 is 0 Å². The van der Waals surface area contributed by atoms with Crippen molar-refractivity contribution in [3.8, 4) is 0 Å². The van der Waals surface area contributed by atoms with E-state index in [2.05, 4.69) is 0 Å². The van der Waals surface area contributed by atoms with E-state index in [0.717, 1.165) is 5.56 Å². The largest absolute Gasteiger partial charge is 0.449 e. The highest BCUT2D eigenvalue weighted by atomic mass is 16.6. The van der Waals surface area contributed by atoms with E-state index in [1.165, 1.54) is 20.1 Å². The Labute approximate surface area is 195 Å². The second kappa shape index (κ2) is 7.56. The lowest BCUT2D eigenvalue weighted by atomic mass is 9.82. The van der Waals surface area contributed by atoms with Crippen molar-refractivity contribution in [2.24, 2.45) is 17.4 Å². The van der Waals surface area contributed by atoms with Gasteiger partial charge in [0.05, 0.1) is 23.4 Å². The molecule has 10 heteroatoms. The summed E-state index contributed by atoms with van der Waals surface area (Å²) in [6.45, 7) is 1.50. The highest BCUT2D eigenvalue weighted by molar-refractivity contribution is 6.25. The molecule has 4 unspecified atom stereocenters. The summed E-state index contributed by atoms with van der Waals surface area (Å²) in [5, 5.41) is 0. The molecule has 0 saturated carbocycles. The van der Waals surface area contributed by atoms with Gasteiger partial charge in [-0.25, -0.2) is 4.79 Å². The Bertz CT molecular complexity index is 1220. The smallest absolute Gasteiger partial charge is 0.404 e. The molecule has 176 valence electrons. The van der Waals surface area contributed by atoms with E-state index in [1.807, 2.05) is 30.3 Å². The Morgan fingerprint density at radius 1 is 1.21 bits per heavy atom. The van der Waals surface area contributed by atoms with Crippen LogP contribution in [0.3, 0.4) is 0 Å². The number of Topliss-reactive ketones (excluding diaryl/α,β-unsaturated/α-hetero) is 2. The number of allylic oxidation sites excluding steroid dienone is 2. The maximum absolute atomic E-state index is 13.2. The molecule has 2 saturated heterocycles. The van der Waals surface area contributed by atoms with Gasteiger partial charge in [-0.3, -0.25) is 14.4 Å². The van der Waals surface area contributed by atoms with Crippen LogP contribution in [0.2, 0.25) is 0 Å². The van der Waals surface area contributed by atoms with Crippen LogP contribution in [0.1, 0.15) is 12.5 Å².